The first-order valence-electron chi connectivity index (χ1n) is 13.4. The van der Waals surface area contributed by atoms with Crippen molar-refractivity contribution in [3.63, 3.8) is 0 Å². The summed E-state index contributed by atoms with van der Waals surface area (Å²) in [5.74, 6) is -2.51. The van der Waals surface area contributed by atoms with E-state index in [1.807, 2.05) is 32.9 Å². The highest BCUT2D eigenvalue weighted by atomic mass is 16.5. The summed E-state index contributed by atoms with van der Waals surface area (Å²) in [6.07, 6.45) is 0. The monoisotopic (exact) mass is 608 g/mol. The van der Waals surface area contributed by atoms with Crippen molar-refractivity contribution in [2.75, 3.05) is 28.4 Å². The smallest absolute Gasteiger partial charge is 0.338 e. The molecular formula is C34H40O10. The summed E-state index contributed by atoms with van der Waals surface area (Å²) in [5.41, 5.74) is 7.97. The first-order chi connectivity index (χ1) is 20.5. The maximum atomic E-state index is 11.5. The van der Waals surface area contributed by atoms with Gasteiger partial charge < -0.3 is 24.1 Å². The number of hydrogen-bond donors (Lipinski definition) is 1. The zero-order valence-electron chi connectivity index (χ0n) is 27.1. The number of benzene rings is 3. The van der Waals surface area contributed by atoms with Crippen molar-refractivity contribution in [1.29, 1.82) is 0 Å². The number of carbonyl (C=O) groups excluding carboxylic acids is 4. The molecule has 0 unspecified atom stereocenters. The van der Waals surface area contributed by atoms with Gasteiger partial charge in [0.05, 0.1) is 56.3 Å². The van der Waals surface area contributed by atoms with Gasteiger partial charge in [-0.2, -0.15) is 0 Å². The molecular weight excluding hydrogens is 568 g/mol. The minimum Gasteiger partial charge on any atom is -0.478 e. The fraction of sp³-hybridized carbons (Fsp3) is 0.324. The van der Waals surface area contributed by atoms with Gasteiger partial charge in [0.2, 0.25) is 0 Å². The number of carbonyl (C=O) groups is 5. The van der Waals surface area contributed by atoms with Crippen LogP contribution in [0.15, 0.2) is 36.4 Å². The zero-order chi connectivity index (χ0) is 33.9. The minimum absolute atomic E-state index is 0.178. The maximum absolute atomic E-state index is 11.5. The van der Waals surface area contributed by atoms with E-state index in [-0.39, 0.29) is 11.5 Å². The Morgan fingerprint density at radius 3 is 0.932 bits per heavy atom. The van der Waals surface area contributed by atoms with Crippen LogP contribution in [0.3, 0.4) is 0 Å². The van der Waals surface area contributed by atoms with Crippen LogP contribution in [0.25, 0.3) is 0 Å². The topological polar surface area (TPSA) is 142 Å². The second kappa shape index (κ2) is 16.6. The number of ether oxygens (including phenoxy) is 4. The largest absolute Gasteiger partial charge is 0.478 e. The number of aryl methyl sites for hydroxylation is 7. The average molecular weight is 609 g/mol. The third-order valence-electron chi connectivity index (χ3n) is 6.58. The predicted molar refractivity (Wildman–Crippen MR) is 165 cm³/mol. The van der Waals surface area contributed by atoms with E-state index in [1.165, 1.54) is 46.1 Å². The molecule has 0 radical (unpaired) electrons. The van der Waals surface area contributed by atoms with Crippen molar-refractivity contribution in [3.8, 4) is 0 Å². The molecule has 3 aromatic carbocycles. The third-order valence-corrected chi connectivity index (χ3v) is 6.58. The molecule has 0 fully saturated rings. The molecule has 10 nitrogen and oxygen atoms in total. The first kappa shape index (κ1) is 37.0. The van der Waals surface area contributed by atoms with Crippen LogP contribution < -0.4 is 0 Å². The van der Waals surface area contributed by atoms with E-state index in [0.29, 0.717) is 44.5 Å². The van der Waals surface area contributed by atoms with Crippen LogP contribution in [-0.4, -0.2) is 63.4 Å². The normalized spacial score (nSPS) is 9.80. The van der Waals surface area contributed by atoms with Gasteiger partial charge in [-0.15, -0.1) is 0 Å². The Labute approximate surface area is 257 Å². The molecule has 3 rings (SSSR count). The van der Waals surface area contributed by atoms with Gasteiger partial charge in [-0.25, -0.2) is 24.0 Å². The van der Waals surface area contributed by atoms with Crippen LogP contribution in [0.1, 0.15) is 90.7 Å². The minimum atomic E-state index is -1.00. The van der Waals surface area contributed by atoms with Crippen LogP contribution in [0, 0.1) is 48.5 Å². The van der Waals surface area contributed by atoms with Crippen LogP contribution in [0.4, 0.5) is 0 Å². The van der Waals surface area contributed by atoms with Gasteiger partial charge in [0, 0.05) is 0 Å². The molecule has 0 bridgehead atoms. The Kier molecular flexibility index (Phi) is 14.0. The number of esters is 4. The highest BCUT2D eigenvalue weighted by Gasteiger charge is 2.17. The second-order valence-electron chi connectivity index (χ2n) is 10.0. The molecule has 0 amide bonds. The number of carboxylic acid groups (broad SMARTS) is 1. The molecule has 0 heterocycles. The standard InChI is InChI=1S/C12H14O4.C11H12O4.C11H14O2/c1-7-5-9(11(13)15-3)6-8(2)10(7)12(14)16-4;1-6-4-8(10(12)13)5-7(2)9(6)11(14)15-3;1-7-5-8(2)10(9(3)6-7)11(12)13-4/h5-6H,1-4H3;4-5H,1-3H3,(H,12,13);5-6H,1-4H3. The van der Waals surface area contributed by atoms with Crippen molar-refractivity contribution in [3.05, 3.63) is 103 Å². The fourth-order valence-corrected chi connectivity index (χ4v) is 4.74. The van der Waals surface area contributed by atoms with E-state index in [9.17, 15) is 24.0 Å². The Balaban J connectivity index is 0.000000332. The molecule has 0 aromatic heterocycles. The predicted octanol–water partition coefficient (Wildman–Crippen LogP) is 6.06. The van der Waals surface area contributed by atoms with Crippen molar-refractivity contribution < 1.29 is 48.0 Å². The van der Waals surface area contributed by atoms with Gasteiger partial charge >= 0.3 is 29.8 Å². The van der Waals surface area contributed by atoms with Crippen LogP contribution >= 0.6 is 0 Å². The lowest BCUT2D eigenvalue weighted by atomic mass is 9.99. The lowest BCUT2D eigenvalue weighted by molar-refractivity contribution is 0.0585. The van der Waals surface area contributed by atoms with E-state index < -0.39 is 23.9 Å². The molecule has 0 aliphatic carbocycles. The van der Waals surface area contributed by atoms with Crippen molar-refractivity contribution in [2.24, 2.45) is 0 Å². The SMILES string of the molecule is COC(=O)c1c(C)cc(C(=O)O)cc1C.COC(=O)c1c(C)cc(C)cc1C.COC(=O)c1cc(C)c(C(=O)OC)c(C)c1. The number of hydrogen-bond acceptors (Lipinski definition) is 9. The Morgan fingerprint density at radius 1 is 0.432 bits per heavy atom. The van der Waals surface area contributed by atoms with Crippen LogP contribution in [0.2, 0.25) is 0 Å². The molecule has 3 aromatic rings. The molecule has 0 spiro atoms. The molecule has 0 aliphatic rings. The van der Waals surface area contributed by atoms with Gasteiger partial charge in [-0.05, 0) is 106 Å². The van der Waals surface area contributed by atoms with E-state index in [4.69, 9.17) is 9.84 Å². The van der Waals surface area contributed by atoms with E-state index >= 15 is 0 Å². The quantitative estimate of drug-likeness (QED) is 0.268. The maximum Gasteiger partial charge on any atom is 0.338 e. The van der Waals surface area contributed by atoms with Crippen molar-refractivity contribution in [1.82, 2.24) is 0 Å². The lowest BCUT2D eigenvalue weighted by Crippen LogP contribution is -2.09. The van der Waals surface area contributed by atoms with Gasteiger partial charge in [0.1, 0.15) is 0 Å². The van der Waals surface area contributed by atoms with Crippen LogP contribution in [0.5, 0.6) is 0 Å². The van der Waals surface area contributed by atoms with Gasteiger partial charge in [-0.1, -0.05) is 17.7 Å². The average Bonchev–Trinajstić information content (AvgIpc) is 2.95. The summed E-state index contributed by atoms with van der Waals surface area (Å²) in [6.45, 7) is 12.7. The fourth-order valence-electron chi connectivity index (χ4n) is 4.74. The zero-order valence-corrected chi connectivity index (χ0v) is 27.1. The lowest BCUT2D eigenvalue weighted by Gasteiger charge is -2.09. The second-order valence-corrected chi connectivity index (χ2v) is 10.0. The number of methoxy groups -OCH3 is 4. The van der Waals surface area contributed by atoms with E-state index in [0.717, 1.165) is 11.1 Å². The van der Waals surface area contributed by atoms with Crippen molar-refractivity contribution >= 4 is 29.8 Å². The highest BCUT2D eigenvalue weighted by Crippen LogP contribution is 2.20. The Morgan fingerprint density at radius 2 is 0.682 bits per heavy atom. The third kappa shape index (κ3) is 9.52. The molecule has 236 valence electrons. The van der Waals surface area contributed by atoms with E-state index in [1.54, 1.807) is 39.8 Å². The summed E-state index contributed by atoms with van der Waals surface area (Å²) < 4.78 is 18.6. The van der Waals surface area contributed by atoms with Crippen LogP contribution in [-0.2, 0) is 18.9 Å². The first-order valence-corrected chi connectivity index (χ1v) is 13.4. The van der Waals surface area contributed by atoms with Crippen molar-refractivity contribution in [2.45, 2.75) is 48.5 Å². The summed E-state index contributed by atoms with van der Waals surface area (Å²) in [5, 5.41) is 8.80. The number of rotatable bonds is 5. The van der Waals surface area contributed by atoms with E-state index in [2.05, 4.69) is 14.2 Å². The molecule has 0 saturated carbocycles. The number of carboxylic acids is 1. The summed E-state index contributed by atoms with van der Waals surface area (Å²) in [6, 6.07) is 10.1. The highest BCUT2D eigenvalue weighted by molar-refractivity contribution is 5.97. The molecule has 1 N–H and O–H groups in total. The number of aromatic carboxylic acids is 1. The summed E-state index contributed by atoms with van der Waals surface area (Å²) in [7, 11) is 5.35. The van der Waals surface area contributed by atoms with Gasteiger partial charge in [0.15, 0.2) is 0 Å². The van der Waals surface area contributed by atoms with Gasteiger partial charge in [0.25, 0.3) is 0 Å². The molecule has 0 saturated heterocycles. The summed E-state index contributed by atoms with van der Waals surface area (Å²) in [4.78, 5) is 56.2. The molecule has 0 atom stereocenters. The molecule has 10 heteroatoms. The molecule has 44 heavy (non-hydrogen) atoms. The van der Waals surface area contributed by atoms with Gasteiger partial charge in [-0.3, -0.25) is 0 Å². The molecule has 0 aliphatic heterocycles. The Bertz CT molecular complexity index is 1500. The summed E-state index contributed by atoms with van der Waals surface area (Å²) >= 11 is 0. The Hall–Kier alpha value is -4.99.